The van der Waals surface area contributed by atoms with Crippen molar-refractivity contribution in [2.24, 2.45) is 7.05 Å². The fourth-order valence-corrected chi connectivity index (χ4v) is 4.87. The fourth-order valence-electron chi connectivity index (χ4n) is 4.87. The van der Waals surface area contributed by atoms with Crippen molar-refractivity contribution in [2.45, 2.75) is 77.2 Å². The van der Waals surface area contributed by atoms with Crippen LogP contribution < -0.4 is 5.32 Å². The molecule has 10 heteroatoms. The van der Waals surface area contributed by atoms with E-state index in [0.29, 0.717) is 36.6 Å². The number of halogens is 3. The Morgan fingerprint density at radius 3 is 2.65 bits per heavy atom. The normalized spacial score (nSPS) is 23.7. The zero-order chi connectivity index (χ0) is 22.5. The molecule has 0 spiro atoms. The van der Waals surface area contributed by atoms with Gasteiger partial charge in [-0.1, -0.05) is 13.8 Å². The highest BCUT2D eigenvalue weighted by Crippen LogP contribution is 2.42. The van der Waals surface area contributed by atoms with Gasteiger partial charge in [0.1, 0.15) is 11.5 Å². The van der Waals surface area contributed by atoms with Crippen molar-refractivity contribution in [3.63, 3.8) is 0 Å². The number of likely N-dealkylation sites (tertiary alicyclic amines) is 1. The van der Waals surface area contributed by atoms with Crippen molar-refractivity contribution in [1.82, 2.24) is 24.5 Å². The average Bonchev–Trinajstić information content (AvgIpc) is 3.42. The number of hydrogen-bond acceptors (Lipinski definition) is 4. The number of fused-ring (bicyclic) bond motifs is 1. The van der Waals surface area contributed by atoms with Crippen LogP contribution in [0.2, 0.25) is 0 Å². The van der Waals surface area contributed by atoms with E-state index in [2.05, 4.69) is 15.5 Å². The lowest BCUT2D eigenvalue weighted by molar-refractivity contribution is -0.173. The molecule has 7 nitrogen and oxygen atoms in total. The third-order valence-electron chi connectivity index (χ3n) is 6.56. The van der Waals surface area contributed by atoms with Gasteiger partial charge >= 0.3 is 6.18 Å². The maximum absolute atomic E-state index is 13.7. The van der Waals surface area contributed by atoms with Crippen molar-refractivity contribution in [3.8, 4) is 0 Å². The monoisotopic (exact) mass is 438 g/mol. The number of nitrogens with zero attached hydrogens (tertiary/aromatic N) is 5. The van der Waals surface area contributed by atoms with Crippen LogP contribution in [0.25, 0.3) is 0 Å². The van der Waals surface area contributed by atoms with Gasteiger partial charge in [-0.3, -0.25) is 9.48 Å². The second-order valence-electron chi connectivity index (χ2n) is 8.50. The van der Waals surface area contributed by atoms with Gasteiger partial charge in [-0.25, -0.2) is 4.68 Å². The summed E-state index contributed by atoms with van der Waals surface area (Å²) < 4.78 is 43.8. The maximum atomic E-state index is 13.7. The van der Waals surface area contributed by atoms with Crippen LogP contribution in [0.15, 0.2) is 6.07 Å². The van der Waals surface area contributed by atoms with E-state index in [0.717, 1.165) is 28.8 Å². The van der Waals surface area contributed by atoms with Gasteiger partial charge in [-0.05, 0) is 39.0 Å². The Morgan fingerprint density at radius 2 is 2.03 bits per heavy atom. The molecule has 0 aliphatic carbocycles. The Labute approximate surface area is 179 Å². The molecule has 0 saturated carbocycles. The third-order valence-corrected chi connectivity index (χ3v) is 6.56. The van der Waals surface area contributed by atoms with Crippen LogP contribution in [-0.2, 0) is 13.5 Å². The van der Waals surface area contributed by atoms with E-state index < -0.39 is 12.2 Å². The van der Waals surface area contributed by atoms with Gasteiger partial charge in [-0.2, -0.15) is 23.4 Å². The molecule has 2 aliphatic rings. The Kier molecular flexibility index (Phi) is 5.51. The summed E-state index contributed by atoms with van der Waals surface area (Å²) in [5.74, 6) is 0.229. The molecule has 1 N–H and O–H groups in total. The zero-order valence-corrected chi connectivity index (χ0v) is 18.3. The summed E-state index contributed by atoms with van der Waals surface area (Å²) in [6.45, 7) is 6.30. The molecule has 1 amide bonds. The molecule has 2 aromatic rings. The number of aromatic nitrogens is 4. The molecule has 3 atom stereocenters. The van der Waals surface area contributed by atoms with Gasteiger partial charge in [0, 0.05) is 31.3 Å². The lowest BCUT2D eigenvalue weighted by atomic mass is 10.0. The summed E-state index contributed by atoms with van der Waals surface area (Å²) in [6, 6.07) is -0.570. The number of amides is 1. The fraction of sp³-hybridized carbons (Fsp3) is 0.667. The molecule has 2 aromatic heterocycles. The Morgan fingerprint density at radius 1 is 1.29 bits per heavy atom. The summed E-state index contributed by atoms with van der Waals surface area (Å²) in [5.41, 5.74) is 2.77. The lowest BCUT2D eigenvalue weighted by Gasteiger charge is -2.32. The number of nitrogens with one attached hydrogen (secondary N) is 1. The van der Waals surface area contributed by atoms with Gasteiger partial charge in [-0.15, -0.1) is 0 Å². The molecule has 1 fully saturated rings. The minimum atomic E-state index is -4.37. The topological polar surface area (TPSA) is 68.0 Å². The summed E-state index contributed by atoms with van der Waals surface area (Å²) in [4.78, 5) is 15.1. The minimum Gasteiger partial charge on any atom is -0.367 e. The van der Waals surface area contributed by atoms with E-state index in [1.54, 1.807) is 22.7 Å². The van der Waals surface area contributed by atoms with Gasteiger partial charge in [0.2, 0.25) is 0 Å². The first kappa shape index (κ1) is 21.7. The van der Waals surface area contributed by atoms with E-state index in [1.165, 1.54) is 0 Å². The number of rotatable bonds is 4. The van der Waals surface area contributed by atoms with Gasteiger partial charge in [0.15, 0.2) is 6.04 Å². The number of anilines is 1. The predicted octanol–water partition coefficient (Wildman–Crippen LogP) is 4.16. The molecule has 0 radical (unpaired) electrons. The largest absolute Gasteiger partial charge is 0.410 e. The summed E-state index contributed by atoms with van der Waals surface area (Å²) >= 11 is 0. The number of hydrogen-bond donors (Lipinski definition) is 1. The number of aryl methyl sites for hydroxylation is 2. The Hall–Kier alpha value is -2.52. The molecule has 1 saturated heterocycles. The van der Waals surface area contributed by atoms with Crippen molar-refractivity contribution >= 4 is 11.7 Å². The number of carbonyl (C=O) groups is 1. The maximum Gasteiger partial charge on any atom is 0.410 e. The van der Waals surface area contributed by atoms with Crippen molar-refractivity contribution in [1.29, 1.82) is 0 Å². The summed E-state index contributed by atoms with van der Waals surface area (Å²) in [6.07, 6.45) is -1.64. The van der Waals surface area contributed by atoms with E-state index in [1.807, 2.05) is 20.8 Å². The van der Waals surface area contributed by atoms with Crippen molar-refractivity contribution < 1.29 is 18.0 Å². The van der Waals surface area contributed by atoms with Crippen LogP contribution in [0.5, 0.6) is 0 Å². The molecule has 0 bridgehead atoms. The number of carbonyl (C=O) groups excluding carboxylic acids is 1. The first-order valence-corrected chi connectivity index (χ1v) is 10.9. The Balaban J connectivity index is 1.67. The van der Waals surface area contributed by atoms with Crippen LogP contribution >= 0.6 is 0 Å². The average molecular weight is 438 g/mol. The Bertz CT molecular complexity index is 979. The lowest BCUT2D eigenvalue weighted by Crippen LogP contribution is -2.39. The van der Waals surface area contributed by atoms with Crippen LogP contribution in [0.3, 0.4) is 0 Å². The van der Waals surface area contributed by atoms with Gasteiger partial charge in [0.25, 0.3) is 5.91 Å². The molecule has 31 heavy (non-hydrogen) atoms. The van der Waals surface area contributed by atoms with Gasteiger partial charge in [0.05, 0.1) is 17.4 Å². The SMILES string of the molecule is CCc1nn(C)c(C(=O)N2CCC[C@@H]2c2cc3n(n2)[C@@H](C(F)(F)F)C[C@@H](CC)N3)c1C. The predicted molar refractivity (Wildman–Crippen MR) is 110 cm³/mol. The van der Waals surface area contributed by atoms with Crippen LogP contribution in [0, 0.1) is 6.92 Å². The third kappa shape index (κ3) is 3.70. The smallest absolute Gasteiger partial charge is 0.367 e. The summed E-state index contributed by atoms with van der Waals surface area (Å²) in [5, 5.41) is 12.0. The van der Waals surface area contributed by atoms with Crippen molar-refractivity contribution in [3.05, 3.63) is 28.7 Å². The second kappa shape index (κ2) is 7.87. The molecular weight excluding hydrogens is 409 g/mol. The zero-order valence-electron chi connectivity index (χ0n) is 18.3. The summed E-state index contributed by atoms with van der Waals surface area (Å²) in [7, 11) is 1.75. The quantitative estimate of drug-likeness (QED) is 0.778. The van der Waals surface area contributed by atoms with Gasteiger partial charge < -0.3 is 10.2 Å². The van der Waals surface area contributed by atoms with E-state index in [9.17, 15) is 18.0 Å². The van der Waals surface area contributed by atoms with Crippen molar-refractivity contribution in [2.75, 3.05) is 11.9 Å². The van der Waals surface area contributed by atoms with E-state index in [4.69, 9.17) is 0 Å². The first-order valence-electron chi connectivity index (χ1n) is 10.9. The molecular formula is C21H29F3N6O. The molecule has 0 aromatic carbocycles. The van der Waals surface area contributed by atoms with Crippen LogP contribution in [0.4, 0.5) is 19.0 Å². The minimum absolute atomic E-state index is 0.0462. The highest BCUT2D eigenvalue weighted by atomic mass is 19.4. The molecule has 2 aliphatic heterocycles. The molecule has 4 heterocycles. The molecule has 4 rings (SSSR count). The molecule has 170 valence electrons. The van der Waals surface area contributed by atoms with E-state index in [-0.39, 0.29) is 24.4 Å². The molecule has 0 unspecified atom stereocenters. The highest BCUT2D eigenvalue weighted by Gasteiger charge is 2.46. The van der Waals surface area contributed by atoms with Crippen LogP contribution in [-0.4, -0.2) is 49.1 Å². The highest BCUT2D eigenvalue weighted by molar-refractivity contribution is 5.94. The van der Waals surface area contributed by atoms with E-state index >= 15 is 0 Å². The van der Waals surface area contributed by atoms with Crippen LogP contribution in [0.1, 0.15) is 79.1 Å². The standard InChI is InChI=1S/C21H29F3N6O/c1-5-13-10-17(21(22,23)24)30-18(25-13)11-15(27-30)16-8-7-9-29(16)20(31)19-12(3)14(6-2)26-28(19)4/h11,13,16-17,25H,5-10H2,1-4H3/t13-,16-,17-/m1/s1. The number of alkyl halides is 3. The first-order chi connectivity index (χ1) is 14.7. The second-order valence-corrected chi connectivity index (χ2v) is 8.50.